The zero-order valence-corrected chi connectivity index (χ0v) is 20.2. The first kappa shape index (κ1) is 28.4. The van der Waals surface area contributed by atoms with Crippen molar-refractivity contribution in [2.24, 2.45) is 11.8 Å². The van der Waals surface area contributed by atoms with Gasteiger partial charge < -0.3 is 9.47 Å². The molecular formula is C26H46O4. The first-order valence-corrected chi connectivity index (χ1v) is 12.1. The molecule has 2 atom stereocenters. The molecule has 0 N–H and O–H groups in total. The van der Waals surface area contributed by atoms with Crippen molar-refractivity contribution >= 4 is 11.9 Å². The fourth-order valence-corrected chi connectivity index (χ4v) is 3.25. The molecule has 0 aromatic heterocycles. The number of hydrogen-bond donors (Lipinski definition) is 0. The average Bonchev–Trinajstić information content (AvgIpc) is 2.76. The van der Waals surface area contributed by atoms with Gasteiger partial charge in [0.05, 0.1) is 19.6 Å². The van der Waals surface area contributed by atoms with Gasteiger partial charge in [-0.2, -0.15) is 0 Å². The van der Waals surface area contributed by atoms with Crippen LogP contribution in [0.5, 0.6) is 0 Å². The van der Waals surface area contributed by atoms with Crippen molar-refractivity contribution in [1.29, 1.82) is 0 Å². The van der Waals surface area contributed by atoms with Gasteiger partial charge in [0.15, 0.2) is 0 Å². The molecule has 0 saturated heterocycles. The maximum absolute atomic E-state index is 12.3. The van der Waals surface area contributed by atoms with Crippen LogP contribution in [-0.4, -0.2) is 25.2 Å². The molecule has 0 rings (SSSR count). The lowest BCUT2D eigenvalue weighted by Gasteiger charge is -2.15. The lowest BCUT2D eigenvalue weighted by atomic mass is 10.0. The predicted octanol–water partition coefficient (Wildman–Crippen LogP) is 7.18. The van der Waals surface area contributed by atoms with Crippen LogP contribution >= 0.6 is 0 Å². The summed E-state index contributed by atoms with van der Waals surface area (Å²) in [5, 5.41) is 0. The van der Waals surface area contributed by atoms with Crippen LogP contribution in [0.15, 0.2) is 23.8 Å². The van der Waals surface area contributed by atoms with Gasteiger partial charge in [0, 0.05) is 5.57 Å². The summed E-state index contributed by atoms with van der Waals surface area (Å²) in [6.45, 7) is 11.5. The van der Waals surface area contributed by atoms with Crippen LogP contribution in [0.25, 0.3) is 0 Å². The van der Waals surface area contributed by atoms with Gasteiger partial charge in [-0.25, -0.2) is 4.79 Å². The highest BCUT2D eigenvalue weighted by Crippen LogP contribution is 2.16. The maximum atomic E-state index is 12.3. The van der Waals surface area contributed by atoms with E-state index in [2.05, 4.69) is 27.7 Å². The largest absolute Gasteiger partial charge is 0.465 e. The monoisotopic (exact) mass is 422 g/mol. The van der Waals surface area contributed by atoms with Gasteiger partial charge in [0.2, 0.25) is 0 Å². The number of rotatable bonds is 18. The minimum absolute atomic E-state index is 0.176. The molecule has 0 aromatic carbocycles. The summed E-state index contributed by atoms with van der Waals surface area (Å²) in [4.78, 5) is 24.2. The van der Waals surface area contributed by atoms with Crippen LogP contribution in [0.4, 0.5) is 0 Å². The molecule has 4 heteroatoms. The smallest absolute Gasteiger partial charge is 0.333 e. The Morgan fingerprint density at radius 3 is 1.90 bits per heavy atom. The Morgan fingerprint density at radius 1 is 0.833 bits per heavy atom. The second-order valence-electron chi connectivity index (χ2n) is 8.14. The summed E-state index contributed by atoms with van der Waals surface area (Å²) in [7, 11) is 0. The molecule has 4 nitrogen and oxygen atoms in total. The first-order chi connectivity index (χ1) is 14.5. The van der Waals surface area contributed by atoms with Crippen LogP contribution in [0.1, 0.15) is 105 Å². The summed E-state index contributed by atoms with van der Waals surface area (Å²) in [5.74, 6) is 0.533. The Morgan fingerprint density at radius 2 is 1.40 bits per heavy atom. The Labute approximate surface area is 185 Å². The fourth-order valence-electron chi connectivity index (χ4n) is 3.25. The van der Waals surface area contributed by atoms with E-state index in [1.807, 2.05) is 25.2 Å². The molecule has 2 unspecified atom stereocenters. The third kappa shape index (κ3) is 14.4. The number of carbonyl (C=O) groups excluding carboxylic acids is 2. The summed E-state index contributed by atoms with van der Waals surface area (Å²) < 4.78 is 10.9. The fraction of sp³-hybridized carbons (Fsp3) is 0.769. The van der Waals surface area contributed by atoms with E-state index >= 15 is 0 Å². The van der Waals surface area contributed by atoms with Gasteiger partial charge in [0.1, 0.15) is 0 Å². The zero-order chi connectivity index (χ0) is 22.6. The summed E-state index contributed by atoms with van der Waals surface area (Å²) in [5.41, 5.74) is 0.703. The van der Waals surface area contributed by atoms with Crippen molar-refractivity contribution in [1.82, 2.24) is 0 Å². The number of unbranched alkanes of at least 4 members (excludes halogenated alkanes) is 2. The zero-order valence-electron chi connectivity index (χ0n) is 20.2. The molecule has 0 heterocycles. The maximum Gasteiger partial charge on any atom is 0.333 e. The van der Waals surface area contributed by atoms with Gasteiger partial charge >= 0.3 is 11.9 Å². The van der Waals surface area contributed by atoms with Crippen molar-refractivity contribution in [3.63, 3.8) is 0 Å². The summed E-state index contributed by atoms with van der Waals surface area (Å²) >= 11 is 0. The Balaban J connectivity index is 4.15. The molecule has 0 amide bonds. The molecule has 0 aliphatic carbocycles. The second-order valence-corrected chi connectivity index (χ2v) is 8.14. The minimum atomic E-state index is -0.210. The van der Waals surface area contributed by atoms with E-state index in [0.29, 0.717) is 43.5 Å². The van der Waals surface area contributed by atoms with Gasteiger partial charge in [-0.1, -0.05) is 84.4 Å². The van der Waals surface area contributed by atoms with E-state index in [1.165, 1.54) is 25.7 Å². The summed E-state index contributed by atoms with van der Waals surface area (Å²) in [6.07, 6.45) is 16.3. The van der Waals surface area contributed by atoms with Gasteiger partial charge in [-0.05, 0) is 44.4 Å². The molecule has 174 valence electrons. The number of ether oxygens (including phenoxy) is 2. The minimum Gasteiger partial charge on any atom is -0.465 e. The molecular weight excluding hydrogens is 376 g/mol. The summed E-state index contributed by atoms with van der Waals surface area (Å²) in [6, 6.07) is 0. The van der Waals surface area contributed by atoms with Gasteiger partial charge in [0.25, 0.3) is 0 Å². The van der Waals surface area contributed by atoms with Crippen LogP contribution in [0.3, 0.4) is 0 Å². The van der Waals surface area contributed by atoms with Gasteiger partial charge in [-0.15, -0.1) is 0 Å². The van der Waals surface area contributed by atoms with Gasteiger partial charge in [-0.3, -0.25) is 4.79 Å². The van der Waals surface area contributed by atoms with E-state index in [1.54, 1.807) is 0 Å². The number of allylic oxidation sites excluding steroid dienone is 2. The van der Waals surface area contributed by atoms with E-state index in [9.17, 15) is 9.59 Å². The molecule has 0 aliphatic rings. The van der Waals surface area contributed by atoms with Crippen LogP contribution < -0.4 is 0 Å². The van der Waals surface area contributed by atoms with E-state index in [0.717, 1.165) is 25.7 Å². The van der Waals surface area contributed by atoms with Crippen LogP contribution in [0.2, 0.25) is 0 Å². The average molecular weight is 423 g/mol. The van der Waals surface area contributed by atoms with E-state index in [-0.39, 0.29) is 18.4 Å². The van der Waals surface area contributed by atoms with E-state index < -0.39 is 0 Å². The normalized spacial score (nSPS) is 14.0. The van der Waals surface area contributed by atoms with Crippen molar-refractivity contribution < 1.29 is 19.1 Å². The lowest BCUT2D eigenvalue weighted by Crippen LogP contribution is -2.15. The number of esters is 2. The van der Waals surface area contributed by atoms with Crippen molar-refractivity contribution in [2.75, 3.05) is 13.2 Å². The van der Waals surface area contributed by atoms with Crippen molar-refractivity contribution in [3.8, 4) is 0 Å². The van der Waals surface area contributed by atoms with E-state index in [4.69, 9.17) is 9.47 Å². The molecule has 0 spiro atoms. The molecule has 30 heavy (non-hydrogen) atoms. The third-order valence-electron chi connectivity index (χ3n) is 5.66. The molecule has 0 aliphatic heterocycles. The molecule has 0 aromatic rings. The lowest BCUT2D eigenvalue weighted by molar-refractivity contribution is -0.144. The van der Waals surface area contributed by atoms with Crippen LogP contribution in [-0.2, 0) is 19.1 Å². The number of carbonyl (C=O) groups is 2. The number of hydrogen-bond acceptors (Lipinski definition) is 4. The molecule has 0 bridgehead atoms. The molecule has 0 radical (unpaired) electrons. The quantitative estimate of drug-likeness (QED) is 0.133. The predicted molar refractivity (Wildman–Crippen MR) is 125 cm³/mol. The molecule has 0 fully saturated rings. The van der Waals surface area contributed by atoms with Crippen molar-refractivity contribution in [2.45, 2.75) is 105 Å². The van der Waals surface area contributed by atoms with Crippen LogP contribution in [0, 0.1) is 11.8 Å². The Kier molecular flexibility index (Phi) is 18.4. The highest BCUT2D eigenvalue weighted by molar-refractivity contribution is 5.88. The standard InChI is InChI=1S/C26H46O4/c1-6-11-16-22(8-3)20-29-25(27)19-15-13-14-18-24(10-5)26(28)30-21-23(9-4)17-12-7-2/h10,13,15,22-23H,6-9,11-12,14,16-21H2,1-5H3. The molecule has 0 saturated carbocycles. The second kappa shape index (κ2) is 19.4. The third-order valence-corrected chi connectivity index (χ3v) is 5.66. The topological polar surface area (TPSA) is 52.6 Å². The first-order valence-electron chi connectivity index (χ1n) is 12.1. The SMILES string of the molecule is CC=C(CCC=CCC(=O)OCC(CC)CCCC)C(=O)OCC(CC)CCCC. The highest BCUT2D eigenvalue weighted by Gasteiger charge is 2.13. The highest BCUT2D eigenvalue weighted by atomic mass is 16.5. The Bertz CT molecular complexity index is 507. The van der Waals surface area contributed by atoms with Crippen molar-refractivity contribution in [3.05, 3.63) is 23.8 Å². The Hall–Kier alpha value is -1.58.